The number of para-hydroxylation sites is 1. The van der Waals surface area contributed by atoms with Crippen molar-refractivity contribution in [3.8, 4) is 5.69 Å². The molecular formula is C18H22N2. The van der Waals surface area contributed by atoms with Crippen LogP contribution in [-0.4, -0.2) is 9.78 Å². The Morgan fingerprint density at radius 2 is 1.90 bits per heavy atom. The summed E-state index contributed by atoms with van der Waals surface area (Å²) in [4.78, 5) is 0. The Morgan fingerprint density at radius 3 is 2.50 bits per heavy atom. The summed E-state index contributed by atoms with van der Waals surface area (Å²) in [6, 6.07) is 10.3. The molecule has 0 unspecified atom stereocenters. The fraction of sp³-hybridized carbons (Fsp3) is 0.278. The highest BCUT2D eigenvalue weighted by atomic mass is 15.3. The van der Waals surface area contributed by atoms with Crippen LogP contribution in [0, 0.1) is 13.8 Å². The molecule has 0 bridgehead atoms. The lowest BCUT2D eigenvalue weighted by atomic mass is 10.1. The predicted octanol–water partition coefficient (Wildman–Crippen LogP) is 4.86. The average molecular weight is 266 g/mol. The molecule has 2 heteroatoms. The molecule has 1 heterocycles. The minimum absolute atomic E-state index is 1.04. The van der Waals surface area contributed by atoms with Crippen molar-refractivity contribution in [1.82, 2.24) is 9.78 Å². The van der Waals surface area contributed by atoms with Crippen molar-refractivity contribution in [3.05, 3.63) is 65.5 Å². The summed E-state index contributed by atoms with van der Waals surface area (Å²) in [5.41, 5.74) is 5.79. The summed E-state index contributed by atoms with van der Waals surface area (Å²) >= 11 is 0. The highest BCUT2D eigenvalue weighted by Crippen LogP contribution is 2.24. The maximum atomic E-state index is 4.80. The van der Waals surface area contributed by atoms with Gasteiger partial charge in [0, 0.05) is 5.69 Å². The molecule has 0 fully saturated rings. The molecule has 20 heavy (non-hydrogen) atoms. The van der Waals surface area contributed by atoms with Crippen molar-refractivity contribution in [3.63, 3.8) is 0 Å². The molecule has 0 N–H and O–H groups in total. The van der Waals surface area contributed by atoms with Gasteiger partial charge in [0.05, 0.1) is 11.4 Å². The molecule has 1 aromatic heterocycles. The summed E-state index contributed by atoms with van der Waals surface area (Å²) in [6.45, 7) is 8.46. The highest BCUT2D eigenvalue weighted by Gasteiger charge is 2.13. The smallest absolute Gasteiger partial charge is 0.0956 e. The van der Waals surface area contributed by atoms with E-state index >= 15 is 0 Å². The lowest BCUT2D eigenvalue weighted by molar-refractivity contribution is 0.841. The molecule has 2 aromatic rings. The van der Waals surface area contributed by atoms with Gasteiger partial charge in [-0.05, 0) is 50.5 Å². The molecule has 0 aliphatic rings. The second-order valence-electron chi connectivity index (χ2n) is 4.86. The number of allylic oxidation sites excluding steroid dienone is 4. The minimum Gasteiger partial charge on any atom is -0.237 e. The number of nitrogens with zero attached hydrogens (tertiary/aromatic N) is 2. The van der Waals surface area contributed by atoms with E-state index in [1.165, 1.54) is 16.8 Å². The quantitative estimate of drug-likeness (QED) is 0.723. The molecule has 0 atom stereocenters. The minimum atomic E-state index is 1.04. The van der Waals surface area contributed by atoms with Crippen LogP contribution in [0.25, 0.3) is 11.3 Å². The number of hydrogen-bond acceptors (Lipinski definition) is 1. The van der Waals surface area contributed by atoms with Gasteiger partial charge in [-0.2, -0.15) is 5.10 Å². The van der Waals surface area contributed by atoms with E-state index in [9.17, 15) is 0 Å². The van der Waals surface area contributed by atoms with Crippen molar-refractivity contribution in [2.75, 3.05) is 0 Å². The Kier molecular flexibility index (Phi) is 4.57. The number of benzene rings is 1. The molecule has 0 amide bonds. The van der Waals surface area contributed by atoms with Crippen LogP contribution in [0.1, 0.15) is 37.2 Å². The van der Waals surface area contributed by atoms with E-state index in [0.29, 0.717) is 0 Å². The normalized spacial score (nSPS) is 12.3. The van der Waals surface area contributed by atoms with Crippen LogP contribution in [0.15, 0.2) is 48.6 Å². The summed E-state index contributed by atoms with van der Waals surface area (Å²) in [6.07, 6.45) is 7.49. The second kappa shape index (κ2) is 6.38. The van der Waals surface area contributed by atoms with E-state index < -0.39 is 0 Å². The van der Waals surface area contributed by atoms with Crippen LogP contribution in [0.2, 0.25) is 0 Å². The van der Waals surface area contributed by atoms with Gasteiger partial charge in [-0.1, -0.05) is 43.4 Å². The molecule has 0 saturated heterocycles. The molecule has 0 aliphatic heterocycles. The topological polar surface area (TPSA) is 17.8 Å². The second-order valence-corrected chi connectivity index (χ2v) is 4.86. The number of rotatable bonds is 4. The largest absolute Gasteiger partial charge is 0.237 e. The maximum absolute atomic E-state index is 4.80. The molecular weight excluding hydrogens is 244 g/mol. The number of aromatic nitrogens is 2. The Bertz CT molecular complexity index is 631. The van der Waals surface area contributed by atoms with Gasteiger partial charge in [-0.15, -0.1) is 0 Å². The van der Waals surface area contributed by atoms with Gasteiger partial charge in [0.1, 0.15) is 0 Å². The molecule has 0 radical (unpaired) electrons. The first-order valence-corrected chi connectivity index (χ1v) is 7.13. The van der Waals surface area contributed by atoms with Crippen molar-refractivity contribution < 1.29 is 0 Å². The molecule has 2 rings (SSSR count). The summed E-state index contributed by atoms with van der Waals surface area (Å²) in [7, 11) is 0. The summed E-state index contributed by atoms with van der Waals surface area (Å²) in [5, 5.41) is 4.80. The Labute approximate surface area is 121 Å². The van der Waals surface area contributed by atoms with Gasteiger partial charge in [0.2, 0.25) is 0 Å². The standard InChI is InChI=1S/C18H22N2/c1-5-7-11-16(6-2)18-14(3)15(4)20(19-18)17-12-9-8-10-13-17/h6-13H,5H2,1-4H3/b11-7-,16-6+. The van der Waals surface area contributed by atoms with Gasteiger partial charge < -0.3 is 0 Å². The third-order valence-corrected chi connectivity index (χ3v) is 3.53. The third-order valence-electron chi connectivity index (χ3n) is 3.53. The van der Waals surface area contributed by atoms with E-state index in [2.05, 4.69) is 58.1 Å². The molecule has 2 nitrogen and oxygen atoms in total. The fourth-order valence-corrected chi connectivity index (χ4v) is 2.23. The van der Waals surface area contributed by atoms with Gasteiger partial charge >= 0.3 is 0 Å². The highest BCUT2D eigenvalue weighted by molar-refractivity contribution is 5.74. The van der Waals surface area contributed by atoms with Crippen LogP contribution in [0.4, 0.5) is 0 Å². The van der Waals surface area contributed by atoms with Crippen molar-refractivity contribution in [2.24, 2.45) is 0 Å². The van der Waals surface area contributed by atoms with E-state index in [-0.39, 0.29) is 0 Å². The predicted molar refractivity (Wildman–Crippen MR) is 86.1 cm³/mol. The first kappa shape index (κ1) is 14.3. The maximum Gasteiger partial charge on any atom is 0.0956 e. The first-order valence-electron chi connectivity index (χ1n) is 7.13. The van der Waals surface area contributed by atoms with E-state index in [0.717, 1.165) is 17.8 Å². The molecule has 0 spiro atoms. The fourth-order valence-electron chi connectivity index (χ4n) is 2.23. The molecule has 104 valence electrons. The monoisotopic (exact) mass is 266 g/mol. The van der Waals surface area contributed by atoms with E-state index in [4.69, 9.17) is 5.10 Å². The van der Waals surface area contributed by atoms with Gasteiger partial charge in [0.15, 0.2) is 0 Å². The van der Waals surface area contributed by atoms with Gasteiger partial charge in [-0.25, -0.2) is 4.68 Å². The third kappa shape index (κ3) is 2.74. The van der Waals surface area contributed by atoms with Gasteiger partial charge in [0.25, 0.3) is 0 Å². The van der Waals surface area contributed by atoms with Crippen LogP contribution in [0.3, 0.4) is 0 Å². The van der Waals surface area contributed by atoms with Crippen LogP contribution in [0.5, 0.6) is 0 Å². The lowest BCUT2D eigenvalue weighted by Gasteiger charge is -2.03. The summed E-state index contributed by atoms with van der Waals surface area (Å²) in [5.74, 6) is 0. The number of hydrogen-bond donors (Lipinski definition) is 0. The van der Waals surface area contributed by atoms with Crippen LogP contribution >= 0.6 is 0 Å². The average Bonchev–Trinajstić information content (AvgIpc) is 2.78. The van der Waals surface area contributed by atoms with Crippen molar-refractivity contribution in [1.29, 1.82) is 0 Å². The van der Waals surface area contributed by atoms with E-state index in [1.807, 2.05) is 22.9 Å². The lowest BCUT2D eigenvalue weighted by Crippen LogP contribution is -1.98. The van der Waals surface area contributed by atoms with Gasteiger partial charge in [-0.3, -0.25) is 0 Å². The SMILES string of the molecule is C/C=C(\C=C/CC)c1nn(-c2ccccc2)c(C)c1C. The Morgan fingerprint density at radius 1 is 1.20 bits per heavy atom. The van der Waals surface area contributed by atoms with Crippen molar-refractivity contribution >= 4 is 5.57 Å². The zero-order chi connectivity index (χ0) is 14.5. The van der Waals surface area contributed by atoms with Crippen LogP contribution < -0.4 is 0 Å². The first-order chi connectivity index (χ1) is 9.69. The van der Waals surface area contributed by atoms with E-state index in [1.54, 1.807) is 0 Å². The Balaban J connectivity index is 2.50. The molecule has 0 aliphatic carbocycles. The van der Waals surface area contributed by atoms with Crippen molar-refractivity contribution in [2.45, 2.75) is 34.1 Å². The zero-order valence-electron chi connectivity index (χ0n) is 12.7. The molecule has 1 aromatic carbocycles. The Hall–Kier alpha value is -2.09. The van der Waals surface area contributed by atoms with Crippen LogP contribution in [-0.2, 0) is 0 Å². The molecule has 0 saturated carbocycles. The summed E-state index contributed by atoms with van der Waals surface area (Å²) < 4.78 is 2.02. The zero-order valence-corrected chi connectivity index (χ0v) is 12.7.